The van der Waals surface area contributed by atoms with Crippen molar-refractivity contribution in [3.05, 3.63) is 0 Å². The first-order chi connectivity index (χ1) is 7.13. The highest BCUT2D eigenvalue weighted by Gasteiger charge is 2.33. The zero-order chi connectivity index (χ0) is 10.9. The minimum Gasteiger partial charge on any atom is -0.309 e. The molecule has 1 heterocycles. The second kappa shape index (κ2) is 4.42. The molecule has 0 bridgehead atoms. The molecule has 2 atom stereocenters. The molecule has 2 heteroatoms. The van der Waals surface area contributed by atoms with Crippen LogP contribution in [0, 0.1) is 11.8 Å². The molecule has 2 fully saturated rings. The monoisotopic (exact) mass is 210 g/mol. The first-order valence-corrected chi connectivity index (χ1v) is 6.60. The third-order valence-electron chi connectivity index (χ3n) is 4.31. The first kappa shape index (κ1) is 11.4. The third-order valence-corrected chi connectivity index (χ3v) is 4.31. The van der Waals surface area contributed by atoms with E-state index in [9.17, 15) is 0 Å². The predicted octanol–water partition coefficient (Wildman–Crippen LogP) is 2.11. The molecule has 1 N–H and O–H groups in total. The van der Waals surface area contributed by atoms with Crippen molar-refractivity contribution in [1.82, 2.24) is 10.2 Å². The molecule has 0 aromatic rings. The molecule has 88 valence electrons. The van der Waals surface area contributed by atoms with Crippen molar-refractivity contribution in [3.63, 3.8) is 0 Å². The highest BCUT2D eigenvalue weighted by atomic mass is 15.2. The van der Waals surface area contributed by atoms with E-state index in [4.69, 9.17) is 0 Å². The van der Waals surface area contributed by atoms with Crippen molar-refractivity contribution in [3.8, 4) is 0 Å². The molecular formula is C13H26N2. The van der Waals surface area contributed by atoms with E-state index >= 15 is 0 Å². The van der Waals surface area contributed by atoms with Gasteiger partial charge >= 0.3 is 0 Å². The Bertz CT molecular complexity index is 213. The second-order valence-electron chi connectivity index (χ2n) is 5.89. The summed E-state index contributed by atoms with van der Waals surface area (Å²) in [5, 5.41) is 3.65. The average molecular weight is 210 g/mol. The topological polar surface area (TPSA) is 15.3 Å². The quantitative estimate of drug-likeness (QED) is 0.764. The fourth-order valence-corrected chi connectivity index (χ4v) is 2.76. The summed E-state index contributed by atoms with van der Waals surface area (Å²) in [4.78, 5) is 2.67. The van der Waals surface area contributed by atoms with Gasteiger partial charge in [-0.2, -0.15) is 0 Å². The van der Waals surface area contributed by atoms with Gasteiger partial charge < -0.3 is 5.32 Å². The molecule has 1 aliphatic carbocycles. The van der Waals surface area contributed by atoms with E-state index < -0.39 is 0 Å². The number of nitrogens with one attached hydrogen (secondary N) is 1. The van der Waals surface area contributed by atoms with Crippen molar-refractivity contribution in [2.75, 3.05) is 26.2 Å². The highest BCUT2D eigenvalue weighted by Crippen LogP contribution is 2.37. The van der Waals surface area contributed by atoms with E-state index in [-0.39, 0.29) is 0 Å². The Kier molecular flexibility index (Phi) is 3.36. The average Bonchev–Trinajstić information content (AvgIpc) is 3.01. The summed E-state index contributed by atoms with van der Waals surface area (Å²) in [7, 11) is 0. The largest absolute Gasteiger partial charge is 0.309 e. The maximum Gasteiger partial charge on any atom is 0.0278 e. The van der Waals surface area contributed by atoms with Crippen LogP contribution in [0.15, 0.2) is 0 Å². The second-order valence-corrected chi connectivity index (χ2v) is 5.89. The van der Waals surface area contributed by atoms with Gasteiger partial charge in [-0.1, -0.05) is 13.8 Å². The predicted molar refractivity (Wildman–Crippen MR) is 65.0 cm³/mol. The van der Waals surface area contributed by atoms with Gasteiger partial charge in [-0.3, -0.25) is 4.90 Å². The molecule has 1 saturated heterocycles. The summed E-state index contributed by atoms with van der Waals surface area (Å²) in [6, 6.07) is 0. The molecule has 1 saturated carbocycles. The fourth-order valence-electron chi connectivity index (χ4n) is 2.76. The Labute approximate surface area is 94.4 Å². The Balaban J connectivity index is 1.81. The molecule has 2 unspecified atom stereocenters. The molecule has 2 rings (SSSR count). The van der Waals surface area contributed by atoms with Crippen molar-refractivity contribution in [2.24, 2.45) is 11.8 Å². The molecule has 15 heavy (non-hydrogen) atoms. The van der Waals surface area contributed by atoms with Crippen LogP contribution in [0.5, 0.6) is 0 Å². The van der Waals surface area contributed by atoms with Crippen molar-refractivity contribution in [2.45, 2.75) is 45.6 Å². The zero-order valence-corrected chi connectivity index (χ0v) is 10.6. The van der Waals surface area contributed by atoms with Crippen LogP contribution in [-0.2, 0) is 0 Å². The van der Waals surface area contributed by atoms with E-state index in [1.54, 1.807) is 0 Å². The van der Waals surface area contributed by atoms with E-state index in [0.717, 1.165) is 11.8 Å². The van der Waals surface area contributed by atoms with Crippen molar-refractivity contribution < 1.29 is 0 Å². The number of hydrogen-bond donors (Lipinski definition) is 1. The van der Waals surface area contributed by atoms with Gasteiger partial charge in [-0.15, -0.1) is 0 Å². The van der Waals surface area contributed by atoms with Crippen LogP contribution in [0.2, 0.25) is 0 Å². The molecule has 0 aromatic heterocycles. The van der Waals surface area contributed by atoms with Crippen LogP contribution in [0.3, 0.4) is 0 Å². The molecule has 0 radical (unpaired) electrons. The van der Waals surface area contributed by atoms with Gasteiger partial charge in [-0.25, -0.2) is 0 Å². The van der Waals surface area contributed by atoms with Crippen LogP contribution in [0.4, 0.5) is 0 Å². The van der Waals surface area contributed by atoms with E-state index in [2.05, 4.69) is 31.0 Å². The number of piperazine rings is 1. The van der Waals surface area contributed by atoms with Crippen molar-refractivity contribution in [1.29, 1.82) is 0 Å². The Morgan fingerprint density at radius 1 is 1.47 bits per heavy atom. The molecule has 0 amide bonds. The van der Waals surface area contributed by atoms with Crippen LogP contribution in [-0.4, -0.2) is 36.6 Å². The minimum absolute atomic E-state index is 0.363. The molecule has 2 nitrogen and oxygen atoms in total. The molecule has 1 aliphatic heterocycles. The summed E-state index contributed by atoms with van der Waals surface area (Å²) in [6.07, 6.45) is 4.21. The van der Waals surface area contributed by atoms with Crippen LogP contribution in [0.1, 0.15) is 40.0 Å². The smallest absolute Gasteiger partial charge is 0.0278 e. The van der Waals surface area contributed by atoms with Gasteiger partial charge in [-0.05, 0) is 38.0 Å². The van der Waals surface area contributed by atoms with Gasteiger partial charge in [0.15, 0.2) is 0 Å². The third kappa shape index (κ3) is 2.94. The minimum atomic E-state index is 0.363. The summed E-state index contributed by atoms with van der Waals surface area (Å²) in [5.41, 5.74) is 0.363. The van der Waals surface area contributed by atoms with Gasteiger partial charge in [0.05, 0.1) is 0 Å². The maximum absolute atomic E-state index is 3.65. The lowest BCUT2D eigenvalue weighted by atomic mass is 9.94. The number of nitrogens with zero attached hydrogens (tertiary/aromatic N) is 1. The normalized spacial score (nSPS) is 35.4. The number of hydrogen-bond acceptors (Lipinski definition) is 2. The lowest BCUT2D eigenvalue weighted by Gasteiger charge is -2.42. The summed E-state index contributed by atoms with van der Waals surface area (Å²) < 4.78 is 0. The fraction of sp³-hybridized carbons (Fsp3) is 1.00. The highest BCUT2D eigenvalue weighted by molar-refractivity contribution is 4.91. The molecule has 0 aromatic carbocycles. The van der Waals surface area contributed by atoms with Gasteiger partial charge in [0.2, 0.25) is 0 Å². The Morgan fingerprint density at radius 3 is 2.80 bits per heavy atom. The summed E-state index contributed by atoms with van der Waals surface area (Å²) >= 11 is 0. The van der Waals surface area contributed by atoms with Gasteiger partial charge in [0.1, 0.15) is 0 Å². The van der Waals surface area contributed by atoms with E-state index in [1.165, 1.54) is 45.4 Å². The van der Waals surface area contributed by atoms with Crippen LogP contribution >= 0.6 is 0 Å². The first-order valence-electron chi connectivity index (χ1n) is 6.60. The van der Waals surface area contributed by atoms with Crippen LogP contribution in [0.25, 0.3) is 0 Å². The molecule has 0 spiro atoms. The van der Waals surface area contributed by atoms with Crippen LogP contribution < -0.4 is 5.32 Å². The summed E-state index contributed by atoms with van der Waals surface area (Å²) in [6.45, 7) is 12.1. The Morgan fingerprint density at radius 2 is 2.20 bits per heavy atom. The number of rotatable bonds is 4. The van der Waals surface area contributed by atoms with Gasteiger partial charge in [0.25, 0.3) is 0 Å². The molecular weight excluding hydrogens is 184 g/mol. The zero-order valence-electron chi connectivity index (χ0n) is 10.6. The van der Waals surface area contributed by atoms with E-state index in [1.807, 2.05) is 0 Å². The van der Waals surface area contributed by atoms with Gasteiger partial charge in [0, 0.05) is 31.7 Å². The lowest BCUT2D eigenvalue weighted by Crippen LogP contribution is -2.59. The van der Waals surface area contributed by atoms with Crippen molar-refractivity contribution >= 4 is 0 Å². The Hall–Kier alpha value is -0.0800. The standard InChI is InChI=1S/C13H26N2/c1-4-13(3)10-15(8-7-14-13)9-11(2)12-5-6-12/h11-12,14H,4-10H2,1-3H3. The SMILES string of the molecule is CCC1(C)CN(CC(C)C2CC2)CCN1. The lowest BCUT2D eigenvalue weighted by molar-refractivity contribution is 0.121. The maximum atomic E-state index is 3.65. The molecule has 2 aliphatic rings. The summed E-state index contributed by atoms with van der Waals surface area (Å²) in [5.74, 6) is 1.97. The van der Waals surface area contributed by atoms with E-state index in [0.29, 0.717) is 5.54 Å².